The van der Waals surface area contributed by atoms with Crippen LogP contribution in [0.2, 0.25) is 0 Å². The van der Waals surface area contributed by atoms with E-state index in [0.717, 1.165) is 31.4 Å². The second-order valence-corrected chi connectivity index (χ2v) is 4.84. The number of benzene rings is 1. The Morgan fingerprint density at radius 2 is 2.18 bits per heavy atom. The Morgan fingerprint density at radius 3 is 2.88 bits per heavy atom. The highest BCUT2D eigenvalue weighted by molar-refractivity contribution is 5.73. The van der Waals surface area contributed by atoms with Gasteiger partial charge in [-0.3, -0.25) is 4.79 Å². The van der Waals surface area contributed by atoms with Crippen molar-refractivity contribution in [3.05, 3.63) is 29.3 Å². The molecule has 0 aromatic heterocycles. The SMILES string of the molecule is COc1ccc2c(c1)CCCC21CCC(=O)O1. The van der Waals surface area contributed by atoms with Gasteiger partial charge in [-0.2, -0.15) is 0 Å². The fourth-order valence-corrected chi connectivity index (χ4v) is 3.04. The maximum Gasteiger partial charge on any atom is 0.306 e. The number of carbonyl (C=O) groups excluding carboxylic acids is 1. The molecule has 1 aliphatic carbocycles. The quantitative estimate of drug-likeness (QED) is 0.698. The van der Waals surface area contributed by atoms with Crippen molar-refractivity contribution in [2.45, 2.75) is 37.7 Å². The van der Waals surface area contributed by atoms with Gasteiger partial charge in [-0.15, -0.1) is 0 Å². The summed E-state index contributed by atoms with van der Waals surface area (Å²) in [6.07, 6.45) is 4.45. The Bertz CT molecular complexity index is 467. The van der Waals surface area contributed by atoms with Crippen LogP contribution in [0.4, 0.5) is 0 Å². The van der Waals surface area contributed by atoms with Crippen LogP contribution in [0.1, 0.15) is 36.8 Å². The first-order chi connectivity index (χ1) is 8.23. The Kier molecular flexibility index (Phi) is 2.35. The molecule has 0 bridgehead atoms. The molecule has 2 aliphatic rings. The third-order valence-corrected chi connectivity index (χ3v) is 3.87. The molecule has 0 radical (unpaired) electrons. The van der Waals surface area contributed by atoms with E-state index in [1.807, 2.05) is 6.07 Å². The third kappa shape index (κ3) is 1.61. The molecule has 3 nitrogen and oxygen atoms in total. The van der Waals surface area contributed by atoms with E-state index in [9.17, 15) is 4.79 Å². The predicted molar refractivity (Wildman–Crippen MR) is 62.9 cm³/mol. The van der Waals surface area contributed by atoms with Crippen molar-refractivity contribution in [2.24, 2.45) is 0 Å². The number of ether oxygens (including phenoxy) is 2. The van der Waals surface area contributed by atoms with Crippen LogP contribution >= 0.6 is 0 Å². The zero-order valence-electron chi connectivity index (χ0n) is 9.99. The molecule has 1 heterocycles. The second-order valence-electron chi connectivity index (χ2n) is 4.84. The van der Waals surface area contributed by atoms with Gasteiger partial charge >= 0.3 is 5.97 Å². The zero-order valence-corrected chi connectivity index (χ0v) is 9.99. The van der Waals surface area contributed by atoms with Crippen molar-refractivity contribution in [3.63, 3.8) is 0 Å². The first kappa shape index (κ1) is 10.6. The summed E-state index contributed by atoms with van der Waals surface area (Å²) in [7, 11) is 1.68. The normalized spacial score (nSPS) is 26.8. The van der Waals surface area contributed by atoms with Crippen LogP contribution in [0, 0.1) is 0 Å². The molecule has 3 heteroatoms. The standard InChI is InChI=1S/C14H16O3/c1-16-11-4-5-12-10(9-11)3-2-7-14(12)8-6-13(15)17-14/h4-5,9H,2-3,6-8H2,1H3. The summed E-state index contributed by atoms with van der Waals surface area (Å²) in [6.45, 7) is 0. The van der Waals surface area contributed by atoms with Gasteiger partial charge in [0.15, 0.2) is 0 Å². The Labute approximate surface area is 101 Å². The van der Waals surface area contributed by atoms with Crippen molar-refractivity contribution >= 4 is 5.97 Å². The van der Waals surface area contributed by atoms with E-state index >= 15 is 0 Å². The van der Waals surface area contributed by atoms with Crippen molar-refractivity contribution in [2.75, 3.05) is 7.11 Å². The second kappa shape index (κ2) is 3.76. The molecular weight excluding hydrogens is 216 g/mol. The van der Waals surface area contributed by atoms with Crippen molar-refractivity contribution < 1.29 is 14.3 Å². The minimum atomic E-state index is -0.336. The van der Waals surface area contributed by atoms with Gasteiger partial charge in [0.1, 0.15) is 11.4 Å². The molecule has 17 heavy (non-hydrogen) atoms. The van der Waals surface area contributed by atoms with Crippen LogP contribution in [0.25, 0.3) is 0 Å². The summed E-state index contributed by atoms with van der Waals surface area (Å²) >= 11 is 0. The number of esters is 1. The molecule has 1 saturated heterocycles. The molecule has 3 rings (SSSR count). The number of hydrogen-bond donors (Lipinski definition) is 0. The summed E-state index contributed by atoms with van der Waals surface area (Å²) < 4.78 is 10.9. The average Bonchev–Trinajstić information content (AvgIpc) is 2.71. The molecule has 90 valence electrons. The van der Waals surface area contributed by atoms with E-state index < -0.39 is 0 Å². The maximum absolute atomic E-state index is 11.4. The van der Waals surface area contributed by atoms with Crippen LogP contribution < -0.4 is 4.74 Å². The first-order valence-electron chi connectivity index (χ1n) is 6.13. The van der Waals surface area contributed by atoms with Gasteiger partial charge in [-0.1, -0.05) is 6.07 Å². The minimum Gasteiger partial charge on any atom is -0.497 e. The molecule has 1 spiro atoms. The molecule has 1 unspecified atom stereocenters. The van der Waals surface area contributed by atoms with E-state index in [4.69, 9.17) is 9.47 Å². The minimum absolute atomic E-state index is 0.0614. The lowest BCUT2D eigenvalue weighted by molar-refractivity contribution is -0.150. The number of fused-ring (bicyclic) bond motifs is 2. The fraction of sp³-hybridized carbons (Fsp3) is 0.500. The van der Waals surface area contributed by atoms with E-state index in [0.29, 0.717) is 6.42 Å². The summed E-state index contributed by atoms with van der Waals surface area (Å²) in [5, 5.41) is 0. The van der Waals surface area contributed by atoms with Crippen LogP contribution in [0.3, 0.4) is 0 Å². The summed E-state index contributed by atoms with van der Waals surface area (Å²) in [4.78, 5) is 11.4. The van der Waals surface area contributed by atoms with Crippen LogP contribution in [-0.4, -0.2) is 13.1 Å². The zero-order chi connectivity index (χ0) is 11.9. The van der Waals surface area contributed by atoms with Crippen LogP contribution in [0.5, 0.6) is 5.75 Å². The molecule has 0 N–H and O–H groups in total. The molecule has 0 saturated carbocycles. The average molecular weight is 232 g/mol. The van der Waals surface area contributed by atoms with Gasteiger partial charge in [0.25, 0.3) is 0 Å². The highest BCUT2D eigenvalue weighted by atomic mass is 16.6. The number of methoxy groups -OCH3 is 1. The maximum atomic E-state index is 11.4. The van der Waals surface area contributed by atoms with E-state index in [-0.39, 0.29) is 11.6 Å². The molecule has 1 aromatic rings. The number of aryl methyl sites for hydroxylation is 1. The van der Waals surface area contributed by atoms with Crippen LogP contribution in [0.15, 0.2) is 18.2 Å². The van der Waals surface area contributed by atoms with Gasteiger partial charge in [0, 0.05) is 12.8 Å². The molecule has 1 fully saturated rings. The van der Waals surface area contributed by atoms with Crippen molar-refractivity contribution in [1.82, 2.24) is 0 Å². The van der Waals surface area contributed by atoms with E-state index in [2.05, 4.69) is 12.1 Å². The Morgan fingerprint density at radius 1 is 1.29 bits per heavy atom. The fourth-order valence-electron chi connectivity index (χ4n) is 3.04. The number of hydrogen-bond acceptors (Lipinski definition) is 3. The van der Waals surface area contributed by atoms with Gasteiger partial charge in [-0.25, -0.2) is 0 Å². The molecule has 1 aromatic carbocycles. The highest BCUT2D eigenvalue weighted by Crippen LogP contribution is 2.46. The smallest absolute Gasteiger partial charge is 0.306 e. The largest absolute Gasteiger partial charge is 0.497 e. The molecular formula is C14H16O3. The number of rotatable bonds is 1. The van der Waals surface area contributed by atoms with E-state index in [1.165, 1.54) is 11.1 Å². The number of carbonyl (C=O) groups is 1. The lowest BCUT2D eigenvalue weighted by Crippen LogP contribution is -2.30. The highest BCUT2D eigenvalue weighted by Gasteiger charge is 2.44. The van der Waals surface area contributed by atoms with Gasteiger partial charge in [0.2, 0.25) is 0 Å². The Hall–Kier alpha value is -1.51. The van der Waals surface area contributed by atoms with Gasteiger partial charge < -0.3 is 9.47 Å². The summed E-state index contributed by atoms with van der Waals surface area (Å²) in [5.74, 6) is 0.818. The van der Waals surface area contributed by atoms with Crippen LogP contribution in [-0.2, 0) is 21.6 Å². The topological polar surface area (TPSA) is 35.5 Å². The molecule has 1 atom stereocenters. The third-order valence-electron chi connectivity index (χ3n) is 3.87. The summed E-state index contributed by atoms with van der Waals surface area (Å²) in [5.41, 5.74) is 2.12. The lowest BCUT2D eigenvalue weighted by Gasteiger charge is -2.34. The molecule has 1 aliphatic heterocycles. The monoisotopic (exact) mass is 232 g/mol. The molecule has 0 amide bonds. The van der Waals surface area contributed by atoms with Gasteiger partial charge in [-0.05, 0) is 42.5 Å². The lowest BCUT2D eigenvalue weighted by atomic mass is 9.77. The first-order valence-corrected chi connectivity index (χ1v) is 6.13. The van der Waals surface area contributed by atoms with E-state index in [1.54, 1.807) is 7.11 Å². The Balaban J connectivity index is 2.05. The van der Waals surface area contributed by atoms with Crippen molar-refractivity contribution in [3.8, 4) is 5.75 Å². The van der Waals surface area contributed by atoms with Crippen molar-refractivity contribution in [1.29, 1.82) is 0 Å². The predicted octanol–water partition coefficient (Wildman–Crippen LogP) is 2.56. The van der Waals surface area contributed by atoms with Gasteiger partial charge in [0.05, 0.1) is 7.11 Å². The summed E-state index contributed by atoms with van der Waals surface area (Å²) in [6, 6.07) is 6.09.